The molecule has 1 aromatic heterocycles. The highest BCUT2D eigenvalue weighted by Gasteiger charge is 2.39. The number of hydrogen-bond donors (Lipinski definition) is 1. The van der Waals surface area contributed by atoms with E-state index in [-0.39, 0.29) is 32.9 Å². The largest absolute Gasteiger partial charge is 0.571 e. The summed E-state index contributed by atoms with van der Waals surface area (Å²) in [5, 5.41) is 0.157. The maximum Gasteiger partial charge on any atom is 0.301 e. The van der Waals surface area contributed by atoms with E-state index in [2.05, 4.69) is 4.98 Å². The highest BCUT2D eigenvalue weighted by molar-refractivity contribution is 8.99. The summed E-state index contributed by atoms with van der Waals surface area (Å²) in [5.41, 5.74) is 1.37. The number of rotatable bonds is 7. The maximum absolute atomic E-state index is 14.0. The Morgan fingerprint density at radius 1 is 1.21 bits per heavy atom. The average Bonchev–Trinajstić information content (AvgIpc) is 3.17. The van der Waals surface area contributed by atoms with Gasteiger partial charge in [-0.05, 0) is 36.2 Å². The first kappa shape index (κ1) is 25.6. The van der Waals surface area contributed by atoms with Crippen LogP contribution in [0.15, 0.2) is 46.7 Å². The predicted octanol–water partition coefficient (Wildman–Crippen LogP) is 3.97. The molecule has 1 amide bonds. The zero-order chi connectivity index (χ0) is 24.5. The molecule has 0 spiro atoms. The SMILES string of the molecule is Cc1nc(N(C)C(=O)Cc2ccc(-c3cc(F)ccc3F)cc2)sc1[S@](=N)(=O)[S+]([O-])[S+](C)[O-]. The molecule has 3 atom stereocenters. The van der Waals surface area contributed by atoms with Gasteiger partial charge in [-0.3, -0.25) is 9.69 Å². The van der Waals surface area contributed by atoms with Crippen LogP contribution in [0.2, 0.25) is 0 Å². The average molecular weight is 532 g/mol. The molecule has 1 heterocycles. The summed E-state index contributed by atoms with van der Waals surface area (Å²) in [7, 11) is -6.82. The van der Waals surface area contributed by atoms with Gasteiger partial charge >= 0.3 is 8.76 Å². The van der Waals surface area contributed by atoms with Crippen molar-refractivity contribution in [3.8, 4) is 11.1 Å². The number of anilines is 1. The lowest BCUT2D eigenvalue weighted by atomic mass is 10.0. The van der Waals surface area contributed by atoms with Crippen LogP contribution in [0.5, 0.6) is 0 Å². The Bertz CT molecular complexity index is 1280. The number of thiazole rings is 1. The monoisotopic (exact) mass is 531 g/mol. The second kappa shape index (κ2) is 10.1. The van der Waals surface area contributed by atoms with Gasteiger partial charge in [-0.15, -0.1) is 0 Å². The van der Waals surface area contributed by atoms with Crippen molar-refractivity contribution < 1.29 is 26.9 Å². The van der Waals surface area contributed by atoms with E-state index in [0.29, 0.717) is 11.1 Å². The number of halogens is 2. The minimum atomic E-state index is -3.87. The van der Waals surface area contributed by atoms with E-state index >= 15 is 0 Å². The van der Waals surface area contributed by atoms with Crippen LogP contribution in [0, 0.1) is 23.3 Å². The molecule has 2 aromatic carbocycles. The number of aryl methyl sites for hydroxylation is 1. The Morgan fingerprint density at radius 3 is 2.45 bits per heavy atom. The van der Waals surface area contributed by atoms with Crippen molar-refractivity contribution in [2.24, 2.45) is 0 Å². The lowest BCUT2D eigenvalue weighted by Gasteiger charge is -2.14. The third kappa shape index (κ3) is 5.55. The molecule has 0 aliphatic carbocycles. The number of likely N-dealkylation sites (N-methyl/N-ethyl adjacent to an activating group) is 1. The molecular formula is C20H19F2N3O4S4. The number of carbonyl (C=O) groups excluding carboxylic acids is 1. The van der Waals surface area contributed by atoms with Crippen molar-refractivity contribution in [1.29, 1.82) is 4.78 Å². The summed E-state index contributed by atoms with van der Waals surface area (Å²) < 4.78 is 71.4. The van der Waals surface area contributed by atoms with Gasteiger partial charge in [0.05, 0.1) is 12.1 Å². The number of carbonyl (C=O) groups is 1. The van der Waals surface area contributed by atoms with Crippen LogP contribution in [0.25, 0.3) is 11.1 Å². The van der Waals surface area contributed by atoms with Crippen LogP contribution >= 0.6 is 11.3 Å². The van der Waals surface area contributed by atoms with Crippen molar-refractivity contribution in [2.45, 2.75) is 17.6 Å². The standard InChI is InChI=1S/C20H19F2N3O4S4/c1-12-19(33(23,29)32(28)31(3)27)30-20(24-12)25(2)18(26)10-13-4-6-14(7-5-13)16-11-15(21)8-9-17(16)22/h4-9,11,23H,10H2,1-3H3/t31?,32?,33-/m0/s1. The molecule has 7 nitrogen and oxygen atoms in total. The van der Waals surface area contributed by atoms with E-state index in [0.717, 1.165) is 35.8 Å². The van der Waals surface area contributed by atoms with Gasteiger partial charge < -0.3 is 9.11 Å². The second-order valence-corrected chi connectivity index (χ2v) is 16.1. The summed E-state index contributed by atoms with van der Waals surface area (Å²) in [4.78, 5) is 18.1. The van der Waals surface area contributed by atoms with Gasteiger partial charge in [-0.1, -0.05) is 35.6 Å². The maximum atomic E-state index is 14.0. The summed E-state index contributed by atoms with van der Waals surface area (Å²) >= 11 is 0.788. The van der Waals surface area contributed by atoms with Gasteiger partial charge in [-0.2, -0.15) is 4.21 Å². The van der Waals surface area contributed by atoms with E-state index < -0.39 is 39.8 Å². The first-order chi connectivity index (χ1) is 15.4. The van der Waals surface area contributed by atoms with Crippen molar-refractivity contribution in [2.75, 3.05) is 18.2 Å². The second-order valence-electron chi connectivity index (χ2n) is 6.93. The molecule has 0 saturated carbocycles. The third-order valence-electron chi connectivity index (χ3n) is 4.58. The van der Waals surface area contributed by atoms with Crippen molar-refractivity contribution in [1.82, 2.24) is 4.98 Å². The summed E-state index contributed by atoms with van der Waals surface area (Å²) in [6.45, 7) is 1.47. The smallest absolute Gasteiger partial charge is 0.301 e. The molecule has 13 heteroatoms. The minimum Gasteiger partial charge on any atom is -0.571 e. The van der Waals surface area contributed by atoms with Gasteiger partial charge in [0.2, 0.25) is 5.91 Å². The molecule has 2 unspecified atom stereocenters. The number of benzene rings is 2. The Morgan fingerprint density at radius 2 is 1.85 bits per heavy atom. The number of aromatic nitrogens is 1. The molecule has 3 aromatic rings. The fourth-order valence-corrected chi connectivity index (χ4v) is 11.0. The molecule has 0 radical (unpaired) electrons. The fraction of sp³-hybridized carbons (Fsp3) is 0.200. The van der Waals surface area contributed by atoms with Crippen LogP contribution in [0.3, 0.4) is 0 Å². The lowest BCUT2D eigenvalue weighted by molar-refractivity contribution is -0.117. The molecule has 0 fully saturated rings. The van der Waals surface area contributed by atoms with E-state index in [4.69, 9.17) is 4.78 Å². The third-order valence-corrected chi connectivity index (χ3v) is 14.7. The number of nitrogens with one attached hydrogen (secondary N) is 1. The Balaban J connectivity index is 1.77. The van der Waals surface area contributed by atoms with E-state index in [1.807, 2.05) is 0 Å². The van der Waals surface area contributed by atoms with Crippen molar-refractivity contribution in [3.05, 3.63) is 65.4 Å². The van der Waals surface area contributed by atoms with Crippen LogP contribution in [-0.4, -0.2) is 37.5 Å². The molecule has 176 valence electrons. The number of amides is 1. The highest BCUT2D eigenvalue weighted by atomic mass is 33.6. The highest BCUT2D eigenvalue weighted by Crippen LogP contribution is 2.34. The van der Waals surface area contributed by atoms with Gasteiger partial charge in [0, 0.05) is 12.6 Å². The summed E-state index contributed by atoms with van der Waals surface area (Å²) in [6.07, 6.45) is 1.07. The first-order valence-electron chi connectivity index (χ1n) is 9.25. The lowest BCUT2D eigenvalue weighted by Crippen LogP contribution is -2.27. The molecule has 0 aliphatic heterocycles. The fourth-order valence-electron chi connectivity index (χ4n) is 2.88. The predicted molar refractivity (Wildman–Crippen MR) is 127 cm³/mol. The van der Waals surface area contributed by atoms with E-state index in [1.54, 1.807) is 24.3 Å². The number of hydrogen-bond acceptors (Lipinski definition) is 7. The Hall–Kier alpha value is -2.03. The zero-order valence-electron chi connectivity index (χ0n) is 17.7. The van der Waals surface area contributed by atoms with Crippen LogP contribution in [-0.2, 0) is 39.4 Å². The Labute approximate surface area is 199 Å². The van der Waals surface area contributed by atoms with E-state index in [1.165, 1.54) is 18.9 Å². The van der Waals surface area contributed by atoms with Gasteiger partial charge in [0.15, 0.2) is 19.5 Å². The number of nitrogens with zero attached hydrogens (tertiary/aromatic N) is 2. The van der Waals surface area contributed by atoms with Gasteiger partial charge in [-0.25, -0.2) is 18.5 Å². The molecular weight excluding hydrogens is 513 g/mol. The zero-order valence-corrected chi connectivity index (χ0v) is 20.9. The molecule has 1 N–H and O–H groups in total. The van der Waals surface area contributed by atoms with Crippen LogP contribution < -0.4 is 4.90 Å². The Kier molecular flexibility index (Phi) is 7.81. The molecule has 33 heavy (non-hydrogen) atoms. The van der Waals surface area contributed by atoms with Gasteiger partial charge in [0.25, 0.3) is 9.24 Å². The normalized spacial score (nSPS) is 15.0. The topological polar surface area (TPSA) is 120 Å². The van der Waals surface area contributed by atoms with Crippen molar-refractivity contribution in [3.63, 3.8) is 0 Å². The molecule has 0 aliphatic rings. The summed E-state index contributed by atoms with van der Waals surface area (Å²) in [6, 6.07) is 9.59. The minimum absolute atomic E-state index is 0.0302. The van der Waals surface area contributed by atoms with Crippen molar-refractivity contribution >= 4 is 50.6 Å². The summed E-state index contributed by atoms with van der Waals surface area (Å²) in [5.74, 6) is -1.48. The van der Waals surface area contributed by atoms with Gasteiger partial charge in [0.1, 0.15) is 17.9 Å². The first-order valence-corrected chi connectivity index (χ1v) is 15.4. The van der Waals surface area contributed by atoms with Crippen LogP contribution in [0.4, 0.5) is 13.9 Å². The molecule has 0 saturated heterocycles. The van der Waals surface area contributed by atoms with Crippen LogP contribution in [0.1, 0.15) is 11.3 Å². The quantitative estimate of drug-likeness (QED) is 0.365. The molecule has 0 bridgehead atoms. The molecule has 3 rings (SSSR count). The van der Waals surface area contributed by atoms with E-state index in [9.17, 15) is 26.9 Å².